The van der Waals surface area contributed by atoms with Crippen molar-refractivity contribution in [2.45, 2.75) is 6.42 Å². The van der Waals surface area contributed by atoms with Crippen LogP contribution in [-0.2, 0) is 6.42 Å². The monoisotopic (exact) mass is 258 g/mol. The molecule has 0 radical (unpaired) electrons. The van der Waals surface area contributed by atoms with Crippen molar-refractivity contribution in [1.82, 2.24) is 0 Å². The molecular weight excluding hydrogens is 240 g/mol. The topological polar surface area (TPSA) is 70.5 Å². The quantitative estimate of drug-likeness (QED) is 0.810. The maximum absolute atomic E-state index is 6.09. The average Bonchev–Trinajstić information content (AvgIpc) is 2.36. The van der Waals surface area contributed by atoms with Crippen LogP contribution in [0.3, 0.4) is 0 Å². The Hall–Kier alpha value is -0.970. The zero-order valence-corrected chi connectivity index (χ0v) is 11.0. The maximum atomic E-state index is 6.09. The molecule has 0 aliphatic heterocycles. The van der Waals surface area contributed by atoms with Crippen LogP contribution in [0.5, 0.6) is 11.5 Å². The first-order valence-electron chi connectivity index (χ1n) is 5.46. The number of ether oxygens (including phenoxy) is 2. The van der Waals surface area contributed by atoms with Crippen molar-refractivity contribution in [3.05, 3.63) is 22.7 Å². The maximum Gasteiger partial charge on any atom is 0.141 e. The van der Waals surface area contributed by atoms with Crippen LogP contribution < -0.4 is 20.9 Å². The minimum absolute atomic E-state index is 0.230. The number of methoxy groups -OCH3 is 2. The third-order valence-electron chi connectivity index (χ3n) is 2.73. The van der Waals surface area contributed by atoms with Gasteiger partial charge in [-0.1, -0.05) is 11.6 Å². The van der Waals surface area contributed by atoms with Crippen molar-refractivity contribution in [3.8, 4) is 11.5 Å². The number of nitrogens with two attached hydrogens (primary N) is 2. The Labute approximate surface area is 107 Å². The van der Waals surface area contributed by atoms with Gasteiger partial charge in [0, 0.05) is 6.07 Å². The Morgan fingerprint density at radius 3 is 2.18 bits per heavy atom. The third kappa shape index (κ3) is 3.49. The van der Waals surface area contributed by atoms with Crippen LogP contribution in [0.1, 0.15) is 5.56 Å². The average molecular weight is 259 g/mol. The summed E-state index contributed by atoms with van der Waals surface area (Å²) in [6, 6.07) is 3.62. The molecule has 96 valence electrons. The fraction of sp³-hybridized carbons (Fsp3) is 0.500. The molecule has 0 aliphatic rings. The predicted molar refractivity (Wildman–Crippen MR) is 69.9 cm³/mol. The summed E-state index contributed by atoms with van der Waals surface area (Å²) in [7, 11) is 3.19. The van der Waals surface area contributed by atoms with Gasteiger partial charge in [0.05, 0.1) is 19.2 Å². The summed E-state index contributed by atoms with van der Waals surface area (Å²) in [4.78, 5) is 0. The van der Waals surface area contributed by atoms with E-state index in [0.717, 1.165) is 17.7 Å². The molecule has 0 saturated carbocycles. The molecule has 0 fully saturated rings. The molecule has 4 nitrogen and oxygen atoms in total. The van der Waals surface area contributed by atoms with Gasteiger partial charge in [-0.3, -0.25) is 0 Å². The summed E-state index contributed by atoms with van der Waals surface area (Å²) in [5.74, 6) is 1.58. The molecule has 0 atom stereocenters. The molecular formula is C12H19ClN2O2. The molecule has 1 aromatic carbocycles. The molecule has 0 spiro atoms. The molecule has 0 unspecified atom stereocenters. The Kier molecular flexibility index (Phi) is 5.55. The van der Waals surface area contributed by atoms with Crippen molar-refractivity contribution in [2.75, 3.05) is 27.3 Å². The molecule has 0 bridgehead atoms. The fourth-order valence-corrected chi connectivity index (χ4v) is 1.92. The smallest absolute Gasteiger partial charge is 0.141 e. The van der Waals surface area contributed by atoms with E-state index in [-0.39, 0.29) is 5.92 Å². The number of halogens is 1. The highest BCUT2D eigenvalue weighted by Gasteiger charge is 2.13. The molecule has 0 aliphatic carbocycles. The Morgan fingerprint density at radius 2 is 1.71 bits per heavy atom. The van der Waals surface area contributed by atoms with Crippen molar-refractivity contribution in [3.63, 3.8) is 0 Å². The normalized spacial score (nSPS) is 10.7. The molecule has 1 aromatic rings. The van der Waals surface area contributed by atoms with Crippen LogP contribution in [0.4, 0.5) is 0 Å². The number of hydrogen-bond donors (Lipinski definition) is 2. The van der Waals surface area contributed by atoms with Crippen LogP contribution in [0.25, 0.3) is 0 Å². The van der Waals surface area contributed by atoms with Crippen LogP contribution in [0.15, 0.2) is 12.1 Å². The van der Waals surface area contributed by atoms with Gasteiger partial charge in [0.15, 0.2) is 0 Å². The fourth-order valence-electron chi connectivity index (χ4n) is 1.66. The van der Waals surface area contributed by atoms with E-state index in [9.17, 15) is 0 Å². The molecule has 0 amide bonds. The van der Waals surface area contributed by atoms with E-state index < -0.39 is 0 Å². The minimum Gasteiger partial charge on any atom is -0.496 e. The van der Waals surface area contributed by atoms with Crippen LogP contribution in [0.2, 0.25) is 5.02 Å². The summed E-state index contributed by atoms with van der Waals surface area (Å²) in [6.07, 6.45) is 0.750. The lowest BCUT2D eigenvalue weighted by molar-refractivity contribution is 0.388. The van der Waals surface area contributed by atoms with Gasteiger partial charge in [0.25, 0.3) is 0 Å². The molecule has 0 heterocycles. The number of hydrogen-bond acceptors (Lipinski definition) is 4. The van der Waals surface area contributed by atoms with E-state index in [1.165, 1.54) is 0 Å². The Morgan fingerprint density at radius 1 is 1.12 bits per heavy atom. The molecule has 0 aromatic heterocycles. The second kappa shape index (κ2) is 6.69. The first kappa shape index (κ1) is 14.1. The van der Waals surface area contributed by atoms with E-state index in [0.29, 0.717) is 23.9 Å². The van der Waals surface area contributed by atoms with Gasteiger partial charge in [0.2, 0.25) is 0 Å². The van der Waals surface area contributed by atoms with Crippen molar-refractivity contribution in [1.29, 1.82) is 0 Å². The summed E-state index contributed by atoms with van der Waals surface area (Å²) in [5, 5.41) is 0.566. The van der Waals surface area contributed by atoms with Crippen molar-refractivity contribution in [2.24, 2.45) is 17.4 Å². The summed E-state index contributed by atoms with van der Waals surface area (Å²) in [5.41, 5.74) is 12.3. The number of rotatable bonds is 6. The van der Waals surface area contributed by atoms with E-state index in [1.807, 2.05) is 6.07 Å². The third-order valence-corrected chi connectivity index (χ3v) is 3.03. The van der Waals surface area contributed by atoms with Gasteiger partial charge in [-0.2, -0.15) is 0 Å². The summed E-state index contributed by atoms with van der Waals surface area (Å²) < 4.78 is 10.5. The van der Waals surface area contributed by atoms with Crippen LogP contribution >= 0.6 is 11.6 Å². The predicted octanol–water partition coefficient (Wildman–Crippen LogP) is 1.43. The largest absolute Gasteiger partial charge is 0.496 e. The van der Waals surface area contributed by atoms with E-state index >= 15 is 0 Å². The minimum atomic E-state index is 0.230. The standard InChI is InChI=1S/C12H19ClN2O2/c1-16-11-5-12(17-2)10(13)4-9(11)3-8(6-14)7-15/h4-5,8H,3,6-7,14-15H2,1-2H3. The zero-order chi connectivity index (χ0) is 12.8. The second-order valence-electron chi connectivity index (χ2n) is 3.84. The highest BCUT2D eigenvalue weighted by atomic mass is 35.5. The summed E-state index contributed by atoms with van der Waals surface area (Å²) >= 11 is 6.09. The lowest BCUT2D eigenvalue weighted by Crippen LogP contribution is -2.25. The second-order valence-corrected chi connectivity index (χ2v) is 4.25. The van der Waals surface area contributed by atoms with Gasteiger partial charge >= 0.3 is 0 Å². The molecule has 5 heteroatoms. The number of benzene rings is 1. The lowest BCUT2D eigenvalue weighted by atomic mass is 9.98. The van der Waals surface area contributed by atoms with Crippen LogP contribution in [0, 0.1) is 5.92 Å². The van der Waals surface area contributed by atoms with Gasteiger partial charge in [-0.25, -0.2) is 0 Å². The lowest BCUT2D eigenvalue weighted by Gasteiger charge is -2.16. The Balaban J connectivity index is 3.01. The summed E-state index contributed by atoms with van der Waals surface area (Å²) in [6.45, 7) is 1.09. The first-order valence-corrected chi connectivity index (χ1v) is 5.84. The van der Waals surface area contributed by atoms with Crippen molar-refractivity contribution < 1.29 is 9.47 Å². The Bertz CT molecular complexity index is 368. The van der Waals surface area contributed by atoms with E-state index in [1.54, 1.807) is 20.3 Å². The zero-order valence-electron chi connectivity index (χ0n) is 10.2. The van der Waals surface area contributed by atoms with Crippen LogP contribution in [-0.4, -0.2) is 27.3 Å². The molecule has 4 N–H and O–H groups in total. The van der Waals surface area contributed by atoms with Gasteiger partial charge in [-0.15, -0.1) is 0 Å². The SMILES string of the molecule is COc1cc(OC)c(CC(CN)CN)cc1Cl. The van der Waals surface area contributed by atoms with Gasteiger partial charge < -0.3 is 20.9 Å². The highest BCUT2D eigenvalue weighted by Crippen LogP contribution is 2.33. The van der Waals surface area contributed by atoms with Crippen molar-refractivity contribution >= 4 is 11.6 Å². The molecule has 17 heavy (non-hydrogen) atoms. The molecule has 0 saturated heterocycles. The molecule has 1 rings (SSSR count). The van der Waals surface area contributed by atoms with Gasteiger partial charge in [0.1, 0.15) is 11.5 Å². The van der Waals surface area contributed by atoms with E-state index in [4.69, 9.17) is 32.5 Å². The highest BCUT2D eigenvalue weighted by molar-refractivity contribution is 6.32. The van der Waals surface area contributed by atoms with E-state index in [2.05, 4.69) is 0 Å². The van der Waals surface area contributed by atoms with Gasteiger partial charge in [-0.05, 0) is 37.1 Å². The first-order chi connectivity index (χ1) is 8.15.